The Hall–Kier alpha value is -2.55. The van der Waals surface area contributed by atoms with Gasteiger partial charge in [0.15, 0.2) is 0 Å². The lowest BCUT2D eigenvalue weighted by Gasteiger charge is -2.07. The van der Waals surface area contributed by atoms with Crippen LogP contribution in [0.2, 0.25) is 0 Å². The van der Waals surface area contributed by atoms with E-state index in [-0.39, 0.29) is 11.3 Å². The number of aryl methyl sites for hydroxylation is 2. The van der Waals surface area contributed by atoms with Crippen LogP contribution in [0.1, 0.15) is 22.3 Å². The van der Waals surface area contributed by atoms with Crippen LogP contribution >= 0.6 is 0 Å². The molecule has 2 aromatic rings. The molecule has 0 spiro atoms. The molecule has 3 nitrogen and oxygen atoms in total. The zero-order chi connectivity index (χ0) is 14.7. The van der Waals surface area contributed by atoms with Crippen molar-refractivity contribution in [1.29, 1.82) is 0 Å². The molecule has 0 atom stereocenters. The number of carboxylic acids is 1. The second-order valence-electron chi connectivity index (χ2n) is 4.76. The summed E-state index contributed by atoms with van der Waals surface area (Å²) in [6, 6.07) is 12.1. The zero-order valence-electron chi connectivity index (χ0n) is 11.4. The predicted molar refractivity (Wildman–Crippen MR) is 79.5 cm³/mol. The third kappa shape index (κ3) is 3.06. The molecule has 2 N–H and O–H groups in total. The Labute approximate surface area is 117 Å². The first-order valence-electron chi connectivity index (χ1n) is 6.29. The van der Waals surface area contributed by atoms with Gasteiger partial charge < -0.3 is 10.2 Å². The van der Waals surface area contributed by atoms with Crippen molar-refractivity contribution in [3.05, 3.63) is 64.7 Å². The minimum absolute atomic E-state index is 0.114. The van der Waals surface area contributed by atoms with E-state index in [1.54, 1.807) is 30.3 Å². The van der Waals surface area contributed by atoms with E-state index in [1.165, 1.54) is 6.07 Å². The van der Waals surface area contributed by atoms with Gasteiger partial charge in [-0.25, -0.2) is 4.79 Å². The van der Waals surface area contributed by atoms with Crippen LogP contribution in [0.5, 0.6) is 5.75 Å². The summed E-state index contributed by atoms with van der Waals surface area (Å²) in [5.74, 6) is -0.875. The van der Waals surface area contributed by atoms with Crippen LogP contribution in [-0.2, 0) is 4.79 Å². The van der Waals surface area contributed by atoms with Crippen LogP contribution < -0.4 is 0 Å². The van der Waals surface area contributed by atoms with Gasteiger partial charge in [0.25, 0.3) is 0 Å². The summed E-state index contributed by atoms with van der Waals surface area (Å²) in [5.41, 5.74) is 3.68. The largest absolute Gasteiger partial charge is 0.508 e. The van der Waals surface area contributed by atoms with Crippen molar-refractivity contribution in [1.82, 2.24) is 0 Å². The van der Waals surface area contributed by atoms with Crippen LogP contribution in [0.25, 0.3) is 11.6 Å². The van der Waals surface area contributed by atoms with Crippen molar-refractivity contribution in [2.45, 2.75) is 13.8 Å². The Balaban J connectivity index is 2.51. The maximum Gasteiger partial charge on any atom is 0.336 e. The molecule has 0 aliphatic carbocycles. The van der Waals surface area contributed by atoms with E-state index in [1.807, 2.05) is 26.0 Å². The van der Waals surface area contributed by atoms with Gasteiger partial charge in [0, 0.05) is 0 Å². The molecule has 0 bridgehead atoms. The summed E-state index contributed by atoms with van der Waals surface area (Å²) < 4.78 is 0. The van der Waals surface area contributed by atoms with E-state index in [2.05, 4.69) is 0 Å². The standard InChI is InChI=1S/C17H16O3/c1-11-6-7-14(8-12(11)2)16(17(19)20)10-13-4-3-5-15(18)9-13/h3-10,18H,1-2H3,(H,19,20)/b16-10-. The Morgan fingerprint density at radius 2 is 1.80 bits per heavy atom. The number of rotatable bonds is 3. The van der Waals surface area contributed by atoms with Crippen LogP contribution in [0.4, 0.5) is 0 Å². The van der Waals surface area contributed by atoms with E-state index >= 15 is 0 Å². The van der Waals surface area contributed by atoms with Gasteiger partial charge in [-0.15, -0.1) is 0 Å². The van der Waals surface area contributed by atoms with Gasteiger partial charge in [-0.1, -0.05) is 30.3 Å². The first-order chi connectivity index (χ1) is 9.47. The highest BCUT2D eigenvalue weighted by Crippen LogP contribution is 2.22. The number of aliphatic carboxylic acids is 1. The lowest BCUT2D eigenvalue weighted by Crippen LogP contribution is -2.00. The molecule has 20 heavy (non-hydrogen) atoms. The van der Waals surface area contributed by atoms with Crippen molar-refractivity contribution in [2.75, 3.05) is 0 Å². The highest BCUT2D eigenvalue weighted by atomic mass is 16.4. The first-order valence-corrected chi connectivity index (χ1v) is 6.29. The summed E-state index contributed by atoms with van der Waals surface area (Å²) in [7, 11) is 0. The van der Waals surface area contributed by atoms with Crippen molar-refractivity contribution in [2.24, 2.45) is 0 Å². The third-order valence-electron chi connectivity index (χ3n) is 3.23. The molecule has 0 heterocycles. The van der Waals surface area contributed by atoms with Crippen LogP contribution in [0, 0.1) is 13.8 Å². The fraction of sp³-hybridized carbons (Fsp3) is 0.118. The lowest BCUT2D eigenvalue weighted by molar-refractivity contribution is -0.130. The third-order valence-corrected chi connectivity index (χ3v) is 3.23. The number of phenols is 1. The van der Waals surface area contributed by atoms with E-state index in [0.717, 1.165) is 11.1 Å². The molecule has 0 amide bonds. The predicted octanol–water partition coefficient (Wildman–Crippen LogP) is 3.63. The molecule has 0 aromatic heterocycles. The number of phenolic OH excluding ortho intramolecular Hbond substituents is 1. The van der Waals surface area contributed by atoms with Gasteiger partial charge in [0.05, 0.1) is 5.57 Å². The van der Waals surface area contributed by atoms with Gasteiger partial charge in [0.2, 0.25) is 0 Å². The number of benzene rings is 2. The molecule has 0 radical (unpaired) electrons. The monoisotopic (exact) mass is 268 g/mol. The molecule has 102 valence electrons. The normalized spacial score (nSPS) is 11.4. The highest BCUT2D eigenvalue weighted by Gasteiger charge is 2.11. The van der Waals surface area contributed by atoms with E-state index in [4.69, 9.17) is 0 Å². The van der Waals surface area contributed by atoms with Crippen molar-refractivity contribution >= 4 is 17.6 Å². The first kappa shape index (κ1) is 13.9. The summed E-state index contributed by atoms with van der Waals surface area (Å²) >= 11 is 0. The average Bonchev–Trinajstić information content (AvgIpc) is 2.39. The fourth-order valence-electron chi connectivity index (χ4n) is 1.96. The number of hydrogen-bond acceptors (Lipinski definition) is 2. The Morgan fingerprint density at radius 1 is 1.05 bits per heavy atom. The van der Waals surface area contributed by atoms with E-state index in [0.29, 0.717) is 11.1 Å². The number of hydrogen-bond donors (Lipinski definition) is 2. The zero-order valence-corrected chi connectivity index (χ0v) is 11.4. The van der Waals surface area contributed by atoms with Gasteiger partial charge in [0.1, 0.15) is 5.75 Å². The number of aromatic hydroxyl groups is 1. The fourth-order valence-corrected chi connectivity index (χ4v) is 1.96. The van der Waals surface area contributed by atoms with Crippen LogP contribution in [0.3, 0.4) is 0 Å². The quantitative estimate of drug-likeness (QED) is 0.660. The minimum Gasteiger partial charge on any atom is -0.508 e. The maximum atomic E-state index is 11.5. The Bertz CT molecular complexity index is 684. The molecule has 0 saturated carbocycles. The highest BCUT2D eigenvalue weighted by molar-refractivity contribution is 6.20. The molecule has 0 unspecified atom stereocenters. The Kier molecular flexibility index (Phi) is 3.89. The van der Waals surface area contributed by atoms with E-state index < -0.39 is 5.97 Å². The summed E-state index contributed by atoms with van der Waals surface area (Å²) in [6.07, 6.45) is 1.56. The van der Waals surface area contributed by atoms with Gasteiger partial charge in [-0.2, -0.15) is 0 Å². The van der Waals surface area contributed by atoms with Crippen molar-refractivity contribution in [3.8, 4) is 5.75 Å². The minimum atomic E-state index is -0.989. The lowest BCUT2D eigenvalue weighted by atomic mass is 9.98. The summed E-state index contributed by atoms with van der Waals surface area (Å²) in [5, 5.41) is 18.8. The van der Waals surface area contributed by atoms with Crippen molar-refractivity contribution in [3.63, 3.8) is 0 Å². The molecule has 0 aliphatic rings. The Morgan fingerprint density at radius 3 is 2.40 bits per heavy atom. The van der Waals surface area contributed by atoms with E-state index in [9.17, 15) is 15.0 Å². The molecule has 0 aliphatic heterocycles. The summed E-state index contributed by atoms with van der Waals surface area (Å²) in [6.45, 7) is 3.94. The molecular weight excluding hydrogens is 252 g/mol. The molecule has 3 heteroatoms. The molecule has 0 saturated heterocycles. The number of carboxylic acid groups (broad SMARTS) is 1. The van der Waals surface area contributed by atoms with Gasteiger partial charge in [-0.05, 0) is 54.3 Å². The second kappa shape index (κ2) is 5.61. The topological polar surface area (TPSA) is 57.5 Å². The summed E-state index contributed by atoms with van der Waals surface area (Å²) in [4.78, 5) is 11.5. The van der Waals surface area contributed by atoms with Crippen LogP contribution in [-0.4, -0.2) is 16.2 Å². The van der Waals surface area contributed by atoms with Gasteiger partial charge >= 0.3 is 5.97 Å². The maximum absolute atomic E-state index is 11.5. The SMILES string of the molecule is Cc1ccc(/C(=C/c2cccc(O)c2)C(=O)O)cc1C. The van der Waals surface area contributed by atoms with Gasteiger partial charge in [-0.3, -0.25) is 0 Å². The second-order valence-corrected chi connectivity index (χ2v) is 4.76. The molecule has 2 rings (SSSR count). The molecular formula is C17H16O3. The molecule has 0 fully saturated rings. The average molecular weight is 268 g/mol. The number of carbonyl (C=O) groups is 1. The van der Waals surface area contributed by atoms with Crippen LogP contribution in [0.15, 0.2) is 42.5 Å². The molecule has 2 aromatic carbocycles. The smallest absolute Gasteiger partial charge is 0.336 e. The van der Waals surface area contributed by atoms with Crippen molar-refractivity contribution < 1.29 is 15.0 Å².